The van der Waals surface area contributed by atoms with Gasteiger partial charge in [-0.3, -0.25) is 4.79 Å². The first-order chi connectivity index (χ1) is 11.7. The second kappa shape index (κ2) is 7.81. The molecular weight excluding hydrogens is 370 g/mol. The molecule has 0 radical (unpaired) electrons. The van der Waals surface area contributed by atoms with E-state index in [0.717, 1.165) is 21.3 Å². The lowest BCUT2D eigenvalue weighted by Crippen LogP contribution is -2.42. The predicted octanol–water partition coefficient (Wildman–Crippen LogP) is 3.60. The highest BCUT2D eigenvalue weighted by Gasteiger charge is 2.25. The molecule has 1 unspecified atom stereocenters. The Morgan fingerprint density at radius 2 is 2.08 bits per heavy atom. The number of hydrogen-bond acceptors (Lipinski definition) is 3. The van der Waals surface area contributed by atoms with E-state index in [2.05, 4.69) is 15.9 Å². The quantitative estimate of drug-likeness (QED) is 0.801. The maximum Gasteiger partial charge on any atom is 0.227 e. The number of carbonyl (C=O) groups excluding carboxylic acids is 1. The van der Waals surface area contributed by atoms with Crippen LogP contribution in [-0.4, -0.2) is 37.6 Å². The van der Waals surface area contributed by atoms with Crippen molar-refractivity contribution in [2.24, 2.45) is 0 Å². The lowest BCUT2D eigenvalue weighted by molar-refractivity contribution is -0.138. The number of morpholine rings is 1. The number of nitrogens with zero attached hydrogens (tertiary/aromatic N) is 1. The highest BCUT2D eigenvalue weighted by atomic mass is 79.9. The molecule has 0 N–H and O–H groups in total. The van der Waals surface area contributed by atoms with Gasteiger partial charge in [-0.05, 0) is 35.4 Å². The molecule has 1 amide bonds. The molecule has 3 rings (SSSR count). The molecule has 126 valence electrons. The maximum absolute atomic E-state index is 12.6. The van der Waals surface area contributed by atoms with Crippen molar-refractivity contribution in [3.8, 4) is 5.75 Å². The van der Waals surface area contributed by atoms with Crippen LogP contribution < -0.4 is 4.74 Å². The van der Waals surface area contributed by atoms with Crippen molar-refractivity contribution in [1.29, 1.82) is 0 Å². The topological polar surface area (TPSA) is 38.8 Å². The minimum Gasteiger partial charge on any atom is -0.497 e. The van der Waals surface area contributed by atoms with Gasteiger partial charge in [-0.2, -0.15) is 0 Å². The second-order valence-electron chi connectivity index (χ2n) is 5.78. The van der Waals surface area contributed by atoms with E-state index in [1.807, 2.05) is 53.4 Å². The number of rotatable bonds is 4. The third-order valence-corrected chi connectivity index (χ3v) is 4.65. The summed E-state index contributed by atoms with van der Waals surface area (Å²) in [4.78, 5) is 14.5. The van der Waals surface area contributed by atoms with Crippen LogP contribution in [0.3, 0.4) is 0 Å². The summed E-state index contributed by atoms with van der Waals surface area (Å²) in [6.45, 7) is 1.79. The van der Waals surface area contributed by atoms with E-state index in [1.165, 1.54) is 0 Å². The van der Waals surface area contributed by atoms with Gasteiger partial charge in [-0.25, -0.2) is 0 Å². The summed E-state index contributed by atoms with van der Waals surface area (Å²) in [6.07, 6.45) is 0.325. The molecule has 1 aliphatic heterocycles. The lowest BCUT2D eigenvalue weighted by Gasteiger charge is -2.33. The molecule has 0 spiro atoms. The van der Waals surface area contributed by atoms with Crippen molar-refractivity contribution in [2.75, 3.05) is 26.8 Å². The zero-order valence-electron chi connectivity index (χ0n) is 13.6. The van der Waals surface area contributed by atoms with Crippen molar-refractivity contribution in [2.45, 2.75) is 12.5 Å². The van der Waals surface area contributed by atoms with Gasteiger partial charge in [0.1, 0.15) is 11.9 Å². The van der Waals surface area contributed by atoms with Crippen LogP contribution in [0, 0.1) is 0 Å². The molecule has 1 fully saturated rings. The Hall–Kier alpha value is -1.85. The normalized spacial score (nSPS) is 17.6. The monoisotopic (exact) mass is 389 g/mol. The van der Waals surface area contributed by atoms with Crippen molar-refractivity contribution in [1.82, 2.24) is 4.90 Å². The molecule has 24 heavy (non-hydrogen) atoms. The summed E-state index contributed by atoms with van der Waals surface area (Å²) in [5.74, 6) is 0.927. The summed E-state index contributed by atoms with van der Waals surface area (Å²) in [7, 11) is 1.63. The number of amides is 1. The summed E-state index contributed by atoms with van der Waals surface area (Å²) in [5, 5.41) is 0. The molecule has 2 aromatic rings. The third-order valence-electron chi connectivity index (χ3n) is 4.15. The largest absolute Gasteiger partial charge is 0.497 e. The Labute approximate surface area is 150 Å². The molecular formula is C19H20BrNO3. The Morgan fingerprint density at radius 3 is 2.79 bits per heavy atom. The summed E-state index contributed by atoms with van der Waals surface area (Å²) in [5.41, 5.74) is 2.08. The minimum absolute atomic E-state index is 0.0731. The molecule has 0 saturated carbocycles. The van der Waals surface area contributed by atoms with E-state index >= 15 is 0 Å². The highest BCUT2D eigenvalue weighted by Crippen LogP contribution is 2.25. The molecule has 0 aliphatic carbocycles. The Morgan fingerprint density at radius 1 is 1.29 bits per heavy atom. The summed E-state index contributed by atoms with van der Waals surface area (Å²) in [6, 6.07) is 15.7. The van der Waals surface area contributed by atoms with Gasteiger partial charge in [0.25, 0.3) is 0 Å². The smallest absolute Gasteiger partial charge is 0.227 e. The van der Waals surface area contributed by atoms with E-state index in [1.54, 1.807) is 7.11 Å². The van der Waals surface area contributed by atoms with E-state index in [0.29, 0.717) is 26.1 Å². The third kappa shape index (κ3) is 4.16. The van der Waals surface area contributed by atoms with Gasteiger partial charge in [0, 0.05) is 11.0 Å². The van der Waals surface area contributed by atoms with Gasteiger partial charge in [-0.15, -0.1) is 0 Å². The van der Waals surface area contributed by atoms with Crippen LogP contribution >= 0.6 is 15.9 Å². The first-order valence-electron chi connectivity index (χ1n) is 7.93. The van der Waals surface area contributed by atoms with E-state index in [9.17, 15) is 4.79 Å². The fraction of sp³-hybridized carbons (Fsp3) is 0.316. The van der Waals surface area contributed by atoms with Gasteiger partial charge < -0.3 is 14.4 Å². The average molecular weight is 390 g/mol. The van der Waals surface area contributed by atoms with Crippen LogP contribution in [0.1, 0.15) is 17.2 Å². The number of ether oxygens (including phenoxy) is 2. The fourth-order valence-corrected chi connectivity index (χ4v) is 3.23. The van der Waals surface area contributed by atoms with Crippen molar-refractivity contribution >= 4 is 21.8 Å². The summed E-state index contributed by atoms with van der Waals surface area (Å²) < 4.78 is 12.0. The summed E-state index contributed by atoms with van der Waals surface area (Å²) >= 11 is 3.48. The molecule has 1 saturated heterocycles. The fourth-order valence-electron chi connectivity index (χ4n) is 2.81. The average Bonchev–Trinajstić information content (AvgIpc) is 2.62. The van der Waals surface area contributed by atoms with Crippen LogP contribution in [-0.2, 0) is 16.0 Å². The molecule has 1 atom stereocenters. The first kappa shape index (κ1) is 17.0. The number of benzene rings is 2. The number of halogens is 1. The van der Waals surface area contributed by atoms with Crippen LogP contribution in [0.5, 0.6) is 5.75 Å². The Bertz CT molecular complexity index is 702. The lowest BCUT2D eigenvalue weighted by atomic mass is 10.1. The molecule has 1 heterocycles. The van der Waals surface area contributed by atoms with Crippen molar-refractivity contribution in [3.63, 3.8) is 0 Å². The minimum atomic E-state index is -0.0731. The molecule has 0 aromatic heterocycles. The zero-order chi connectivity index (χ0) is 16.9. The van der Waals surface area contributed by atoms with Gasteiger partial charge in [0.2, 0.25) is 5.91 Å². The predicted molar refractivity (Wildman–Crippen MR) is 96.1 cm³/mol. The number of carbonyl (C=O) groups is 1. The van der Waals surface area contributed by atoms with Crippen LogP contribution in [0.15, 0.2) is 53.0 Å². The number of hydrogen-bond donors (Lipinski definition) is 0. The van der Waals surface area contributed by atoms with Crippen molar-refractivity contribution in [3.05, 3.63) is 64.1 Å². The Balaban J connectivity index is 1.64. The highest BCUT2D eigenvalue weighted by molar-refractivity contribution is 9.10. The zero-order valence-corrected chi connectivity index (χ0v) is 15.2. The Kier molecular flexibility index (Phi) is 5.53. The molecule has 5 heteroatoms. The van der Waals surface area contributed by atoms with Gasteiger partial charge in [0.15, 0.2) is 0 Å². The van der Waals surface area contributed by atoms with E-state index in [-0.39, 0.29) is 12.0 Å². The number of methoxy groups -OCH3 is 1. The second-order valence-corrected chi connectivity index (χ2v) is 6.69. The maximum atomic E-state index is 12.6. The standard InChI is InChI=1S/C19H20BrNO3/c1-23-17-7-5-14(6-8-17)11-19(22)21-9-10-24-18(13-21)15-3-2-4-16(20)12-15/h2-8,12,18H,9-11,13H2,1H3. The molecule has 0 bridgehead atoms. The molecule has 4 nitrogen and oxygen atoms in total. The first-order valence-corrected chi connectivity index (χ1v) is 8.73. The van der Waals surface area contributed by atoms with Crippen LogP contribution in [0.25, 0.3) is 0 Å². The van der Waals surface area contributed by atoms with E-state index in [4.69, 9.17) is 9.47 Å². The molecule has 1 aliphatic rings. The van der Waals surface area contributed by atoms with Crippen molar-refractivity contribution < 1.29 is 14.3 Å². The van der Waals surface area contributed by atoms with Gasteiger partial charge in [0.05, 0.1) is 26.7 Å². The SMILES string of the molecule is COc1ccc(CC(=O)N2CCOC(c3cccc(Br)c3)C2)cc1. The van der Waals surface area contributed by atoms with Gasteiger partial charge in [-0.1, -0.05) is 40.2 Å². The van der Waals surface area contributed by atoms with Gasteiger partial charge >= 0.3 is 0 Å². The van der Waals surface area contributed by atoms with Crippen LogP contribution in [0.2, 0.25) is 0 Å². The van der Waals surface area contributed by atoms with E-state index < -0.39 is 0 Å². The van der Waals surface area contributed by atoms with Crippen LogP contribution in [0.4, 0.5) is 0 Å². The molecule has 2 aromatic carbocycles.